The fraction of sp³-hybridized carbons (Fsp3) is 1.00. The first kappa shape index (κ1) is 22.1. The number of hydrogen-bond donors (Lipinski definition) is 1. The molecule has 2 aliphatic rings. The first-order chi connectivity index (χ1) is 12.2. The molecule has 26 heavy (non-hydrogen) atoms. The fourth-order valence-corrected chi connectivity index (χ4v) is 3.61. The summed E-state index contributed by atoms with van der Waals surface area (Å²) in [7, 11) is 0. The van der Waals surface area contributed by atoms with Crippen LogP contribution in [0.5, 0.6) is 0 Å². The molecule has 2 saturated heterocycles. The van der Waals surface area contributed by atoms with Crippen LogP contribution in [0.3, 0.4) is 0 Å². The summed E-state index contributed by atoms with van der Waals surface area (Å²) in [6.07, 6.45) is 1.33. The van der Waals surface area contributed by atoms with E-state index in [1.54, 1.807) is 0 Å². The smallest absolute Gasteiger partial charge is 0.0720 e. The summed E-state index contributed by atoms with van der Waals surface area (Å²) in [5, 5.41) is 3.73. The van der Waals surface area contributed by atoms with E-state index in [-0.39, 0.29) is 11.1 Å². The second-order valence-corrected chi connectivity index (χ2v) is 9.22. The second-order valence-electron chi connectivity index (χ2n) is 9.22. The van der Waals surface area contributed by atoms with Crippen LogP contribution < -0.4 is 5.32 Å². The highest BCUT2D eigenvalue weighted by Gasteiger charge is 2.28. The van der Waals surface area contributed by atoms with Crippen LogP contribution >= 0.6 is 0 Å². The van der Waals surface area contributed by atoms with Gasteiger partial charge in [-0.25, -0.2) is 0 Å². The maximum absolute atomic E-state index is 6.04. The molecule has 0 spiro atoms. The van der Waals surface area contributed by atoms with Crippen LogP contribution in [-0.2, 0) is 14.2 Å². The predicted octanol–water partition coefficient (Wildman–Crippen LogP) is 1.59. The molecule has 0 saturated carbocycles. The lowest BCUT2D eigenvalue weighted by atomic mass is 9.95. The average molecular weight is 372 g/mol. The van der Waals surface area contributed by atoms with Crippen LogP contribution in [0.15, 0.2) is 0 Å². The lowest BCUT2D eigenvalue weighted by molar-refractivity contribution is -0.0616. The van der Waals surface area contributed by atoms with Crippen molar-refractivity contribution in [3.8, 4) is 0 Å². The number of nitrogens with zero attached hydrogens (tertiary/aromatic N) is 2. The zero-order chi connectivity index (χ0) is 19.0. The van der Waals surface area contributed by atoms with Gasteiger partial charge in [0.2, 0.25) is 0 Å². The van der Waals surface area contributed by atoms with Crippen molar-refractivity contribution < 1.29 is 14.2 Å². The molecular formula is C20H41N3O3. The van der Waals surface area contributed by atoms with Crippen LogP contribution in [-0.4, -0.2) is 99.3 Å². The molecule has 2 aliphatic heterocycles. The number of ether oxygens (including phenoxy) is 3. The Morgan fingerprint density at radius 3 is 2.35 bits per heavy atom. The van der Waals surface area contributed by atoms with Gasteiger partial charge in [-0.1, -0.05) is 0 Å². The molecule has 154 valence electrons. The Morgan fingerprint density at radius 2 is 1.65 bits per heavy atom. The van der Waals surface area contributed by atoms with E-state index < -0.39 is 0 Å². The average Bonchev–Trinajstić information content (AvgIpc) is 2.54. The monoisotopic (exact) mass is 371 g/mol. The summed E-state index contributed by atoms with van der Waals surface area (Å²) < 4.78 is 17.3. The highest BCUT2D eigenvalue weighted by molar-refractivity contribution is 4.85. The minimum atomic E-state index is -0.0575. The van der Waals surface area contributed by atoms with Crippen molar-refractivity contribution in [1.29, 1.82) is 0 Å². The third kappa shape index (κ3) is 9.11. The molecule has 0 aromatic carbocycles. The van der Waals surface area contributed by atoms with Crippen molar-refractivity contribution in [3.05, 3.63) is 0 Å². The zero-order valence-electron chi connectivity index (χ0n) is 17.7. The van der Waals surface area contributed by atoms with Gasteiger partial charge >= 0.3 is 0 Å². The largest absolute Gasteiger partial charge is 0.379 e. The van der Waals surface area contributed by atoms with Gasteiger partial charge < -0.3 is 19.5 Å². The molecule has 0 aromatic heterocycles. The molecule has 2 heterocycles. The molecule has 0 aromatic rings. The molecule has 1 N–H and O–H groups in total. The van der Waals surface area contributed by atoms with E-state index in [9.17, 15) is 0 Å². The topological polar surface area (TPSA) is 46.2 Å². The van der Waals surface area contributed by atoms with E-state index in [1.165, 1.54) is 0 Å². The lowest BCUT2D eigenvalue weighted by Crippen LogP contribution is -2.51. The Kier molecular flexibility index (Phi) is 8.77. The van der Waals surface area contributed by atoms with E-state index in [2.05, 4.69) is 49.7 Å². The van der Waals surface area contributed by atoms with Gasteiger partial charge in [0.15, 0.2) is 0 Å². The summed E-state index contributed by atoms with van der Waals surface area (Å²) in [5.41, 5.74) is 0.0277. The van der Waals surface area contributed by atoms with Crippen LogP contribution in [0, 0.1) is 0 Å². The van der Waals surface area contributed by atoms with E-state index in [0.717, 1.165) is 78.7 Å². The summed E-state index contributed by atoms with van der Waals surface area (Å²) >= 11 is 0. The molecule has 0 amide bonds. The van der Waals surface area contributed by atoms with Crippen LogP contribution in [0.1, 0.15) is 41.0 Å². The third-order valence-corrected chi connectivity index (χ3v) is 5.04. The van der Waals surface area contributed by atoms with Crippen molar-refractivity contribution in [1.82, 2.24) is 15.1 Å². The standard InChI is InChI=1S/C20H41N3O3/c1-19(2,3)26-15-11-23-10-14-25-18(17-23)16-20(4,5)21-6-7-22-8-12-24-13-9-22/h18,21H,6-17H2,1-5H3. The molecule has 0 bridgehead atoms. The van der Waals surface area contributed by atoms with Crippen molar-refractivity contribution in [2.45, 2.75) is 58.3 Å². The quantitative estimate of drug-likeness (QED) is 0.664. The van der Waals surface area contributed by atoms with Gasteiger partial charge in [0.1, 0.15) is 0 Å². The Bertz CT molecular complexity index is 392. The van der Waals surface area contributed by atoms with Crippen molar-refractivity contribution in [2.75, 3.05) is 72.2 Å². The van der Waals surface area contributed by atoms with Crippen LogP contribution in [0.4, 0.5) is 0 Å². The molecule has 6 heteroatoms. The normalized spacial score (nSPS) is 24.1. The van der Waals surface area contributed by atoms with Gasteiger partial charge in [0, 0.05) is 51.4 Å². The molecule has 1 atom stereocenters. The molecule has 0 aliphatic carbocycles. The Labute approximate surface area is 160 Å². The number of rotatable bonds is 9. The van der Waals surface area contributed by atoms with E-state index in [1.807, 2.05) is 0 Å². The molecule has 0 radical (unpaired) electrons. The third-order valence-electron chi connectivity index (χ3n) is 5.04. The van der Waals surface area contributed by atoms with Gasteiger partial charge in [0.05, 0.1) is 38.1 Å². The number of nitrogens with one attached hydrogen (secondary N) is 1. The van der Waals surface area contributed by atoms with Crippen molar-refractivity contribution in [2.24, 2.45) is 0 Å². The van der Waals surface area contributed by atoms with Gasteiger partial charge in [-0.3, -0.25) is 9.80 Å². The zero-order valence-corrected chi connectivity index (χ0v) is 17.7. The highest BCUT2D eigenvalue weighted by atomic mass is 16.5. The summed E-state index contributed by atoms with van der Waals surface area (Å²) in [4.78, 5) is 4.95. The van der Waals surface area contributed by atoms with Crippen LogP contribution in [0.25, 0.3) is 0 Å². The Hall–Kier alpha value is -0.240. The van der Waals surface area contributed by atoms with Gasteiger partial charge in [0.25, 0.3) is 0 Å². The lowest BCUT2D eigenvalue weighted by Gasteiger charge is -2.38. The van der Waals surface area contributed by atoms with E-state index in [0.29, 0.717) is 6.10 Å². The molecule has 2 rings (SSSR count). The minimum Gasteiger partial charge on any atom is -0.379 e. The predicted molar refractivity (Wildman–Crippen MR) is 106 cm³/mol. The van der Waals surface area contributed by atoms with Gasteiger partial charge in [-0.15, -0.1) is 0 Å². The highest BCUT2D eigenvalue weighted by Crippen LogP contribution is 2.18. The van der Waals surface area contributed by atoms with E-state index in [4.69, 9.17) is 14.2 Å². The molecule has 1 unspecified atom stereocenters. The summed E-state index contributed by atoms with van der Waals surface area (Å²) in [6.45, 7) is 21.5. The second kappa shape index (κ2) is 10.3. The number of morpholine rings is 2. The van der Waals surface area contributed by atoms with E-state index >= 15 is 0 Å². The van der Waals surface area contributed by atoms with Crippen molar-refractivity contribution >= 4 is 0 Å². The fourth-order valence-electron chi connectivity index (χ4n) is 3.61. The SMILES string of the molecule is CC(C)(CC1CN(CCOC(C)(C)C)CCO1)NCCN1CCOCC1. The van der Waals surface area contributed by atoms with Gasteiger partial charge in [-0.2, -0.15) is 0 Å². The molecule has 2 fully saturated rings. The Morgan fingerprint density at radius 1 is 0.962 bits per heavy atom. The Balaban J connectivity index is 1.65. The minimum absolute atomic E-state index is 0.0575. The maximum Gasteiger partial charge on any atom is 0.0720 e. The van der Waals surface area contributed by atoms with Crippen LogP contribution in [0.2, 0.25) is 0 Å². The first-order valence-electron chi connectivity index (χ1n) is 10.3. The number of hydrogen-bond acceptors (Lipinski definition) is 6. The van der Waals surface area contributed by atoms with Crippen molar-refractivity contribution in [3.63, 3.8) is 0 Å². The van der Waals surface area contributed by atoms with Gasteiger partial charge in [-0.05, 0) is 41.0 Å². The maximum atomic E-state index is 6.04. The molecule has 6 nitrogen and oxygen atoms in total. The summed E-state index contributed by atoms with van der Waals surface area (Å²) in [5.74, 6) is 0. The molecular weight excluding hydrogens is 330 g/mol. The first-order valence-corrected chi connectivity index (χ1v) is 10.3. The summed E-state index contributed by atoms with van der Waals surface area (Å²) in [6, 6.07) is 0.